The third-order valence-electron chi connectivity index (χ3n) is 2.66. The molecule has 4 nitrogen and oxygen atoms in total. The molecular formula is C12H13ClFN3O. The first-order chi connectivity index (χ1) is 8.61. The summed E-state index contributed by atoms with van der Waals surface area (Å²) in [4.78, 5) is 4.18. The summed E-state index contributed by atoms with van der Waals surface area (Å²) in [6.45, 7) is 2.30. The van der Waals surface area contributed by atoms with Gasteiger partial charge in [-0.15, -0.1) is 0 Å². The molecule has 1 aromatic heterocycles. The van der Waals surface area contributed by atoms with E-state index in [0.717, 1.165) is 0 Å². The molecule has 18 heavy (non-hydrogen) atoms. The van der Waals surface area contributed by atoms with E-state index in [9.17, 15) is 4.39 Å². The summed E-state index contributed by atoms with van der Waals surface area (Å²) < 4.78 is 18.6. The van der Waals surface area contributed by atoms with Crippen molar-refractivity contribution < 1.29 is 8.91 Å². The van der Waals surface area contributed by atoms with E-state index in [4.69, 9.17) is 21.9 Å². The SMILES string of the molecule is CC(CN)c1nc(Cc2c(F)cccc2Cl)no1. The molecule has 2 N–H and O–H groups in total. The average molecular weight is 270 g/mol. The first-order valence-electron chi connectivity index (χ1n) is 5.57. The lowest BCUT2D eigenvalue weighted by atomic mass is 10.1. The molecule has 6 heteroatoms. The van der Waals surface area contributed by atoms with E-state index in [0.29, 0.717) is 28.8 Å². The maximum Gasteiger partial charge on any atom is 0.230 e. The van der Waals surface area contributed by atoms with Gasteiger partial charge in [0.2, 0.25) is 5.89 Å². The molecule has 0 fully saturated rings. The summed E-state index contributed by atoms with van der Waals surface area (Å²) in [7, 11) is 0. The van der Waals surface area contributed by atoms with Crippen LogP contribution in [0.25, 0.3) is 0 Å². The Morgan fingerprint density at radius 2 is 2.28 bits per heavy atom. The van der Waals surface area contributed by atoms with E-state index in [1.807, 2.05) is 6.92 Å². The molecular weight excluding hydrogens is 257 g/mol. The lowest BCUT2D eigenvalue weighted by molar-refractivity contribution is 0.357. The molecule has 0 aliphatic heterocycles. The quantitative estimate of drug-likeness (QED) is 0.926. The first-order valence-corrected chi connectivity index (χ1v) is 5.95. The van der Waals surface area contributed by atoms with E-state index in [2.05, 4.69) is 10.1 Å². The van der Waals surface area contributed by atoms with E-state index in [1.54, 1.807) is 12.1 Å². The predicted molar refractivity (Wildman–Crippen MR) is 66.0 cm³/mol. The predicted octanol–water partition coefficient (Wildman–Crippen LogP) is 2.52. The zero-order valence-electron chi connectivity index (χ0n) is 9.86. The molecule has 1 heterocycles. The number of rotatable bonds is 4. The molecule has 0 amide bonds. The summed E-state index contributed by atoms with van der Waals surface area (Å²) in [5.41, 5.74) is 5.87. The van der Waals surface area contributed by atoms with Crippen LogP contribution < -0.4 is 5.73 Å². The van der Waals surface area contributed by atoms with Crippen molar-refractivity contribution in [3.8, 4) is 0 Å². The van der Waals surface area contributed by atoms with E-state index < -0.39 is 0 Å². The minimum absolute atomic E-state index is 0.0117. The van der Waals surface area contributed by atoms with Crippen molar-refractivity contribution in [2.24, 2.45) is 5.73 Å². The van der Waals surface area contributed by atoms with Gasteiger partial charge in [0.15, 0.2) is 5.82 Å². The standard InChI is InChI=1S/C12H13ClFN3O/c1-7(6-15)12-16-11(17-18-12)5-8-9(13)3-2-4-10(8)14/h2-4,7H,5-6,15H2,1H3. The van der Waals surface area contributed by atoms with Gasteiger partial charge >= 0.3 is 0 Å². The number of nitrogens with two attached hydrogens (primary N) is 1. The van der Waals surface area contributed by atoms with Crippen molar-refractivity contribution >= 4 is 11.6 Å². The largest absolute Gasteiger partial charge is 0.339 e. The van der Waals surface area contributed by atoms with Crippen molar-refractivity contribution in [3.63, 3.8) is 0 Å². The Morgan fingerprint density at radius 1 is 1.50 bits per heavy atom. The highest BCUT2D eigenvalue weighted by atomic mass is 35.5. The van der Waals surface area contributed by atoms with Gasteiger partial charge in [-0.1, -0.05) is 29.7 Å². The van der Waals surface area contributed by atoms with Gasteiger partial charge in [-0.3, -0.25) is 0 Å². The van der Waals surface area contributed by atoms with Gasteiger partial charge in [-0.05, 0) is 12.1 Å². The van der Waals surface area contributed by atoms with Crippen LogP contribution in [-0.4, -0.2) is 16.7 Å². The number of halogens is 2. The third kappa shape index (κ3) is 2.68. The summed E-state index contributed by atoms with van der Waals surface area (Å²) in [5.74, 6) is 0.473. The lowest BCUT2D eigenvalue weighted by Crippen LogP contribution is -2.09. The van der Waals surface area contributed by atoms with Crippen LogP contribution >= 0.6 is 11.6 Å². The molecule has 0 saturated heterocycles. The van der Waals surface area contributed by atoms with Gasteiger partial charge in [0, 0.05) is 29.5 Å². The minimum atomic E-state index is -0.374. The Morgan fingerprint density at radius 3 is 2.94 bits per heavy atom. The van der Waals surface area contributed by atoms with Gasteiger partial charge in [0.25, 0.3) is 0 Å². The van der Waals surface area contributed by atoms with Gasteiger partial charge in [-0.25, -0.2) is 4.39 Å². The smallest absolute Gasteiger partial charge is 0.230 e. The summed E-state index contributed by atoms with van der Waals surface area (Å²) >= 11 is 5.93. The summed E-state index contributed by atoms with van der Waals surface area (Å²) in [6, 6.07) is 4.54. The van der Waals surface area contributed by atoms with Gasteiger partial charge in [0.1, 0.15) is 5.82 Å². The fraction of sp³-hybridized carbons (Fsp3) is 0.333. The van der Waals surface area contributed by atoms with Crippen LogP contribution in [0.1, 0.15) is 30.1 Å². The fourth-order valence-electron chi connectivity index (χ4n) is 1.50. The van der Waals surface area contributed by atoms with Crippen LogP contribution in [0.15, 0.2) is 22.7 Å². The summed E-state index contributed by atoms with van der Waals surface area (Å²) in [5, 5.41) is 4.15. The molecule has 96 valence electrons. The number of hydrogen-bond acceptors (Lipinski definition) is 4. The second kappa shape index (κ2) is 5.46. The van der Waals surface area contributed by atoms with Gasteiger partial charge in [0.05, 0.1) is 0 Å². The molecule has 0 aliphatic rings. The van der Waals surface area contributed by atoms with Crippen molar-refractivity contribution in [1.29, 1.82) is 0 Å². The molecule has 2 rings (SSSR count). The molecule has 0 bridgehead atoms. The van der Waals surface area contributed by atoms with Crippen molar-refractivity contribution in [3.05, 3.63) is 46.3 Å². The van der Waals surface area contributed by atoms with Crippen LogP contribution in [0, 0.1) is 5.82 Å². The highest BCUT2D eigenvalue weighted by Crippen LogP contribution is 2.22. The highest BCUT2D eigenvalue weighted by molar-refractivity contribution is 6.31. The number of hydrogen-bond donors (Lipinski definition) is 1. The van der Waals surface area contributed by atoms with Crippen LogP contribution in [0.5, 0.6) is 0 Å². The Bertz CT molecular complexity index is 524. The lowest BCUT2D eigenvalue weighted by Gasteiger charge is -2.02. The van der Waals surface area contributed by atoms with Crippen LogP contribution in [0.3, 0.4) is 0 Å². The zero-order chi connectivity index (χ0) is 13.1. The normalized spacial score (nSPS) is 12.7. The monoisotopic (exact) mass is 269 g/mol. The number of aromatic nitrogens is 2. The topological polar surface area (TPSA) is 64.9 Å². The Kier molecular flexibility index (Phi) is 3.93. The van der Waals surface area contributed by atoms with E-state index >= 15 is 0 Å². The third-order valence-corrected chi connectivity index (χ3v) is 3.01. The highest BCUT2D eigenvalue weighted by Gasteiger charge is 2.15. The Hall–Kier alpha value is -1.46. The maximum atomic E-state index is 13.6. The molecule has 2 aromatic rings. The molecule has 1 atom stereocenters. The first kappa shape index (κ1) is 13.0. The molecule has 0 spiro atoms. The second-order valence-corrected chi connectivity index (χ2v) is 4.47. The number of benzene rings is 1. The Labute approximate surface area is 109 Å². The maximum absolute atomic E-state index is 13.6. The van der Waals surface area contributed by atoms with Crippen molar-refractivity contribution in [1.82, 2.24) is 10.1 Å². The molecule has 0 radical (unpaired) electrons. The van der Waals surface area contributed by atoms with E-state index in [-0.39, 0.29) is 18.2 Å². The van der Waals surface area contributed by atoms with Gasteiger partial charge in [-0.2, -0.15) is 4.98 Å². The molecule has 1 aromatic carbocycles. The minimum Gasteiger partial charge on any atom is -0.339 e. The van der Waals surface area contributed by atoms with Crippen molar-refractivity contribution in [2.45, 2.75) is 19.3 Å². The molecule has 0 aliphatic carbocycles. The average Bonchev–Trinajstić information content (AvgIpc) is 2.81. The van der Waals surface area contributed by atoms with Crippen LogP contribution in [0.4, 0.5) is 4.39 Å². The fourth-order valence-corrected chi connectivity index (χ4v) is 1.73. The molecule has 0 saturated carbocycles. The zero-order valence-corrected chi connectivity index (χ0v) is 10.6. The Balaban J connectivity index is 2.21. The summed E-state index contributed by atoms with van der Waals surface area (Å²) in [6.07, 6.45) is 0.201. The van der Waals surface area contributed by atoms with Gasteiger partial charge < -0.3 is 10.3 Å². The van der Waals surface area contributed by atoms with Crippen LogP contribution in [0.2, 0.25) is 5.02 Å². The van der Waals surface area contributed by atoms with Crippen LogP contribution in [-0.2, 0) is 6.42 Å². The number of nitrogens with zero attached hydrogens (tertiary/aromatic N) is 2. The second-order valence-electron chi connectivity index (χ2n) is 4.06. The van der Waals surface area contributed by atoms with Crippen molar-refractivity contribution in [2.75, 3.05) is 6.54 Å². The molecule has 1 unspecified atom stereocenters. The van der Waals surface area contributed by atoms with E-state index in [1.165, 1.54) is 6.07 Å².